The molecule has 2 nitrogen and oxygen atoms in total. The number of hydrogen-bond acceptors (Lipinski definition) is 2. The topological polar surface area (TPSA) is 40.9 Å². The molecule has 0 aliphatic heterocycles. The predicted molar refractivity (Wildman–Crippen MR) is 76.0 cm³/mol. The first-order valence-corrected chi connectivity index (χ1v) is 6.05. The Morgan fingerprint density at radius 1 is 1.16 bits per heavy atom. The van der Waals surface area contributed by atoms with Gasteiger partial charge in [-0.05, 0) is 35.9 Å². The fourth-order valence-corrected chi connectivity index (χ4v) is 1.81. The summed E-state index contributed by atoms with van der Waals surface area (Å²) in [6, 6.07) is 15.9. The van der Waals surface area contributed by atoms with Crippen molar-refractivity contribution in [3.05, 3.63) is 76.3 Å². The van der Waals surface area contributed by atoms with E-state index >= 15 is 0 Å². The molecule has 0 aliphatic rings. The molecule has 0 spiro atoms. The normalized spacial score (nSPS) is 10.3. The molecule has 0 saturated carbocycles. The van der Waals surface area contributed by atoms with Crippen LogP contribution in [-0.2, 0) is 0 Å². The van der Waals surface area contributed by atoms with Crippen molar-refractivity contribution in [3.63, 3.8) is 0 Å². The molecular formula is C16H10ClNO. The summed E-state index contributed by atoms with van der Waals surface area (Å²) in [5.41, 5.74) is 1.92. The molecule has 0 atom stereocenters. The molecule has 0 unspecified atom stereocenters. The van der Waals surface area contributed by atoms with Gasteiger partial charge >= 0.3 is 0 Å². The molecule has 0 aromatic heterocycles. The fourth-order valence-electron chi connectivity index (χ4n) is 1.62. The van der Waals surface area contributed by atoms with Gasteiger partial charge in [0.25, 0.3) is 0 Å². The Hall–Kier alpha value is -2.37. The highest BCUT2D eigenvalue weighted by Gasteiger charge is 2.01. The molecule has 92 valence electrons. The molecule has 19 heavy (non-hydrogen) atoms. The lowest BCUT2D eigenvalue weighted by molar-refractivity contribution is 0.104. The van der Waals surface area contributed by atoms with Crippen molar-refractivity contribution in [2.45, 2.75) is 0 Å². The van der Waals surface area contributed by atoms with Gasteiger partial charge in [0.05, 0.1) is 11.6 Å². The van der Waals surface area contributed by atoms with E-state index in [-0.39, 0.29) is 5.78 Å². The van der Waals surface area contributed by atoms with Gasteiger partial charge < -0.3 is 0 Å². The number of nitriles is 1. The minimum atomic E-state index is -0.120. The highest BCUT2D eigenvalue weighted by molar-refractivity contribution is 6.31. The molecule has 3 heteroatoms. The zero-order valence-corrected chi connectivity index (χ0v) is 10.8. The van der Waals surface area contributed by atoms with E-state index in [1.165, 1.54) is 6.08 Å². The zero-order chi connectivity index (χ0) is 13.7. The number of allylic oxidation sites excluding steroid dienone is 1. The van der Waals surface area contributed by atoms with E-state index in [2.05, 4.69) is 6.07 Å². The van der Waals surface area contributed by atoms with Crippen molar-refractivity contribution < 1.29 is 4.79 Å². The van der Waals surface area contributed by atoms with Gasteiger partial charge in [-0.15, -0.1) is 0 Å². The largest absolute Gasteiger partial charge is 0.289 e. The number of ketones is 1. The second-order valence-electron chi connectivity index (χ2n) is 3.95. The van der Waals surface area contributed by atoms with Gasteiger partial charge in [0, 0.05) is 10.6 Å². The molecule has 0 radical (unpaired) electrons. The summed E-state index contributed by atoms with van der Waals surface area (Å²) in [5, 5.41) is 9.33. The van der Waals surface area contributed by atoms with Gasteiger partial charge in [-0.3, -0.25) is 4.79 Å². The second kappa shape index (κ2) is 5.99. The van der Waals surface area contributed by atoms with Gasteiger partial charge in [0.1, 0.15) is 0 Å². The maximum atomic E-state index is 11.9. The number of nitrogens with zero attached hydrogens (tertiary/aromatic N) is 1. The van der Waals surface area contributed by atoms with Crippen LogP contribution in [0.4, 0.5) is 0 Å². The molecule has 0 amide bonds. The summed E-state index contributed by atoms with van der Waals surface area (Å²) in [7, 11) is 0. The maximum absolute atomic E-state index is 11.9. The highest BCUT2D eigenvalue weighted by Crippen LogP contribution is 2.12. The third kappa shape index (κ3) is 3.54. The van der Waals surface area contributed by atoms with Crippen LogP contribution in [0.15, 0.2) is 54.6 Å². The average Bonchev–Trinajstić information content (AvgIpc) is 2.45. The number of carbonyl (C=O) groups excluding carboxylic acids is 1. The Morgan fingerprint density at radius 3 is 2.68 bits per heavy atom. The molecule has 2 aromatic carbocycles. The Morgan fingerprint density at radius 2 is 1.95 bits per heavy atom. The first-order chi connectivity index (χ1) is 9.19. The molecule has 0 saturated heterocycles. The van der Waals surface area contributed by atoms with Gasteiger partial charge in [0.15, 0.2) is 5.78 Å². The summed E-state index contributed by atoms with van der Waals surface area (Å²) in [5.74, 6) is -0.120. The second-order valence-corrected chi connectivity index (χ2v) is 4.38. The van der Waals surface area contributed by atoms with Crippen molar-refractivity contribution in [1.29, 1.82) is 5.26 Å². The van der Waals surface area contributed by atoms with Crippen molar-refractivity contribution >= 4 is 23.5 Å². The van der Waals surface area contributed by atoms with E-state index in [0.717, 1.165) is 5.56 Å². The van der Waals surface area contributed by atoms with Crippen LogP contribution >= 0.6 is 11.6 Å². The van der Waals surface area contributed by atoms with Crippen LogP contribution < -0.4 is 0 Å². The van der Waals surface area contributed by atoms with Crippen molar-refractivity contribution in [3.8, 4) is 6.07 Å². The Bertz CT molecular complexity index is 683. The summed E-state index contributed by atoms with van der Waals surface area (Å²) < 4.78 is 0. The Balaban J connectivity index is 2.18. The summed E-state index contributed by atoms with van der Waals surface area (Å²) in [4.78, 5) is 11.9. The smallest absolute Gasteiger partial charge is 0.185 e. The lowest BCUT2D eigenvalue weighted by atomic mass is 10.1. The number of carbonyl (C=O) groups is 1. The molecular weight excluding hydrogens is 258 g/mol. The highest BCUT2D eigenvalue weighted by atomic mass is 35.5. The average molecular weight is 268 g/mol. The van der Waals surface area contributed by atoms with E-state index in [0.29, 0.717) is 16.1 Å². The molecule has 0 heterocycles. The SMILES string of the molecule is N#Cc1cccc(C=CC(=O)c2cccc(Cl)c2)c1. The van der Waals surface area contributed by atoms with Crippen LogP contribution in [0.3, 0.4) is 0 Å². The zero-order valence-electron chi connectivity index (χ0n) is 10.0. The minimum absolute atomic E-state index is 0.120. The van der Waals surface area contributed by atoms with E-state index in [1.54, 1.807) is 48.5 Å². The third-order valence-corrected chi connectivity index (χ3v) is 2.79. The van der Waals surface area contributed by atoms with Crippen LogP contribution in [0.1, 0.15) is 21.5 Å². The predicted octanol–water partition coefficient (Wildman–Crippen LogP) is 4.11. The standard InChI is InChI=1S/C16H10ClNO/c17-15-6-2-5-14(10-15)16(19)8-7-12-3-1-4-13(9-12)11-18/h1-10H. The molecule has 0 fully saturated rings. The van der Waals surface area contributed by atoms with Gasteiger partial charge in [-0.25, -0.2) is 0 Å². The number of halogens is 1. The molecule has 2 rings (SSSR count). The van der Waals surface area contributed by atoms with E-state index in [4.69, 9.17) is 16.9 Å². The fraction of sp³-hybridized carbons (Fsp3) is 0. The number of benzene rings is 2. The monoisotopic (exact) mass is 267 g/mol. The molecule has 2 aromatic rings. The van der Waals surface area contributed by atoms with E-state index in [9.17, 15) is 4.79 Å². The van der Waals surface area contributed by atoms with Crippen molar-refractivity contribution in [2.24, 2.45) is 0 Å². The molecule has 0 aliphatic carbocycles. The minimum Gasteiger partial charge on any atom is -0.289 e. The Kier molecular flexibility index (Phi) is 4.12. The van der Waals surface area contributed by atoms with Crippen LogP contribution in [-0.4, -0.2) is 5.78 Å². The third-order valence-electron chi connectivity index (χ3n) is 2.55. The van der Waals surface area contributed by atoms with Gasteiger partial charge in [-0.1, -0.05) is 41.9 Å². The number of hydrogen-bond donors (Lipinski definition) is 0. The maximum Gasteiger partial charge on any atom is 0.185 e. The lowest BCUT2D eigenvalue weighted by Gasteiger charge is -1.97. The van der Waals surface area contributed by atoms with E-state index < -0.39 is 0 Å². The molecule has 0 bridgehead atoms. The van der Waals surface area contributed by atoms with Gasteiger partial charge in [-0.2, -0.15) is 5.26 Å². The summed E-state index contributed by atoms with van der Waals surface area (Å²) >= 11 is 5.83. The first-order valence-electron chi connectivity index (χ1n) is 5.67. The first kappa shape index (κ1) is 13.1. The van der Waals surface area contributed by atoms with E-state index in [1.807, 2.05) is 6.07 Å². The van der Waals surface area contributed by atoms with Crippen LogP contribution in [0.25, 0.3) is 6.08 Å². The van der Waals surface area contributed by atoms with Crippen LogP contribution in [0, 0.1) is 11.3 Å². The summed E-state index contributed by atoms with van der Waals surface area (Å²) in [6.45, 7) is 0. The van der Waals surface area contributed by atoms with Gasteiger partial charge in [0.2, 0.25) is 0 Å². The number of rotatable bonds is 3. The molecule has 0 N–H and O–H groups in total. The lowest BCUT2D eigenvalue weighted by Crippen LogP contribution is -1.93. The van der Waals surface area contributed by atoms with Crippen LogP contribution in [0.2, 0.25) is 5.02 Å². The van der Waals surface area contributed by atoms with Crippen LogP contribution in [0.5, 0.6) is 0 Å². The quantitative estimate of drug-likeness (QED) is 0.620. The van der Waals surface area contributed by atoms with Crippen molar-refractivity contribution in [2.75, 3.05) is 0 Å². The van der Waals surface area contributed by atoms with Crippen molar-refractivity contribution in [1.82, 2.24) is 0 Å². The Labute approximate surface area is 116 Å². The summed E-state index contributed by atoms with van der Waals surface area (Å²) in [6.07, 6.45) is 3.16.